The van der Waals surface area contributed by atoms with Crippen molar-refractivity contribution in [3.05, 3.63) is 71.0 Å². The molecule has 0 saturated carbocycles. The first-order chi connectivity index (χ1) is 12.2. The second-order valence-corrected chi connectivity index (χ2v) is 6.92. The highest BCUT2D eigenvalue weighted by atomic mass is 35.5. The number of hydrogen-bond acceptors (Lipinski definition) is 5. The molecule has 1 aliphatic heterocycles. The maximum atomic E-state index is 12.1. The van der Waals surface area contributed by atoms with Crippen molar-refractivity contribution in [1.82, 2.24) is 10.6 Å². The van der Waals surface area contributed by atoms with Crippen LogP contribution >= 0.6 is 23.4 Å². The third kappa shape index (κ3) is 4.55. The number of hydrogen-bond donors (Lipinski definition) is 4. The van der Waals surface area contributed by atoms with Gasteiger partial charge in [-0.25, -0.2) is 0 Å². The first-order valence-corrected chi connectivity index (χ1v) is 8.93. The minimum Gasteiger partial charge on any atom is -0.361 e. The minimum atomic E-state index is -0.222. The maximum Gasteiger partial charge on any atom is 0.228 e. The van der Waals surface area contributed by atoms with Crippen molar-refractivity contribution >= 4 is 41.2 Å². The van der Waals surface area contributed by atoms with E-state index in [1.807, 2.05) is 42.5 Å². The smallest absolute Gasteiger partial charge is 0.228 e. The highest BCUT2D eigenvalue weighted by molar-refractivity contribution is 8.00. The van der Waals surface area contributed by atoms with Crippen LogP contribution in [0.4, 0.5) is 5.69 Å². The highest BCUT2D eigenvalue weighted by Gasteiger charge is 2.19. The summed E-state index contributed by atoms with van der Waals surface area (Å²) in [5.41, 5.74) is 2.16. The number of rotatable bonds is 6. The average molecular weight is 373 g/mol. The Balaban J connectivity index is 1.56. The number of para-hydroxylation sites is 1. The fraction of sp³-hybridized carbons (Fsp3) is 0.111. The largest absolute Gasteiger partial charge is 0.361 e. The first-order valence-electron chi connectivity index (χ1n) is 7.68. The molecule has 1 heterocycles. The molecule has 0 aliphatic carbocycles. The van der Waals surface area contributed by atoms with E-state index in [1.54, 1.807) is 24.0 Å². The molecule has 0 spiro atoms. The quantitative estimate of drug-likeness (QED) is 0.584. The highest BCUT2D eigenvalue weighted by Crippen LogP contribution is 2.36. The van der Waals surface area contributed by atoms with E-state index < -0.39 is 0 Å². The molecule has 4 N–H and O–H groups in total. The van der Waals surface area contributed by atoms with E-state index >= 15 is 0 Å². The lowest BCUT2D eigenvalue weighted by molar-refractivity contribution is -0.119. The zero-order chi connectivity index (χ0) is 17.6. The van der Waals surface area contributed by atoms with Gasteiger partial charge in [0, 0.05) is 22.3 Å². The summed E-state index contributed by atoms with van der Waals surface area (Å²) in [7, 11) is 0. The van der Waals surface area contributed by atoms with Gasteiger partial charge < -0.3 is 21.4 Å². The van der Waals surface area contributed by atoms with Crippen LogP contribution in [0.25, 0.3) is 0 Å². The Hall–Kier alpha value is -2.44. The third-order valence-corrected chi connectivity index (χ3v) is 5.03. The molecule has 2 aromatic rings. The number of carbonyl (C=O) groups excluding carboxylic acids is 1. The molecule has 0 bridgehead atoms. The first kappa shape index (κ1) is 17.4. The number of anilines is 1. The summed E-state index contributed by atoms with van der Waals surface area (Å²) in [6.45, 7) is 0. The predicted molar refractivity (Wildman–Crippen MR) is 103 cm³/mol. The van der Waals surface area contributed by atoms with Gasteiger partial charge in [-0.2, -0.15) is 0 Å². The monoisotopic (exact) mass is 372 g/mol. The molecule has 128 valence electrons. The van der Waals surface area contributed by atoms with Crippen molar-refractivity contribution in [3.63, 3.8) is 0 Å². The molecular formula is C18H17ClN4OS. The summed E-state index contributed by atoms with van der Waals surface area (Å²) >= 11 is 7.71. The standard InChI is InChI=1S/C18H17ClN4OS/c19-14-6-2-1-5-12(14)9-17(24)22-13(10-20)11-21-18-23-15-7-3-4-8-16(15)25-18/h1-8,10-11,18,20-21,23H,9H2,(H,22,24)/b13-11+,20-10?. The number of halogens is 1. The van der Waals surface area contributed by atoms with Crippen LogP contribution in [0.1, 0.15) is 5.56 Å². The van der Waals surface area contributed by atoms with E-state index in [2.05, 4.69) is 16.0 Å². The molecule has 0 radical (unpaired) electrons. The minimum absolute atomic E-state index is 0.0483. The van der Waals surface area contributed by atoms with Gasteiger partial charge in [-0.1, -0.05) is 53.7 Å². The Labute approximate surface area is 155 Å². The number of fused-ring (bicyclic) bond motifs is 1. The SMILES string of the molecule is N=C/C(=C\NC1Nc2ccccc2S1)NC(=O)Cc1ccccc1Cl. The van der Waals surface area contributed by atoms with Gasteiger partial charge in [-0.15, -0.1) is 0 Å². The molecule has 25 heavy (non-hydrogen) atoms. The summed E-state index contributed by atoms with van der Waals surface area (Å²) in [5, 5.41) is 17.2. The summed E-state index contributed by atoms with van der Waals surface area (Å²) in [6, 6.07) is 15.2. The predicted octanol–water partition coefficient (Wildman–Crippen LogP) is 3.58. The van der Waals surface area contributed by atoms with Crippen LogP contribution in [0.15, 0.2) is 65.3 Å². The Kier molecular flexibility index (Phi) is 5.63. The Morgan fingerprint density at radius 3 is 2.76 bits per heavy atom. The molecule has 2 aromatic carbocycles. The normalized spacial score (nSPS) is 15.9. The van der Waals surface area contributed by atoms with Crippen LogP contribution in [0.5, 0.6) is 0 Å². The van der Waals surface area contributed by atoms with E-state index in [9.17, 15) is 4.79 Å². The Morgan fingerprint density at radius 1 is 1.24 bits per heavy atom. The zero-order valence-electron chi connectivity index (χ0n) is 13.3. The second-order valence-electron chi connectivity index (χ2n) is 5.37. The summed E-state index contributed by atoms with van der Waals surface area (Å²) < 4.78 is 0. The van der Waals surface area contributed by atoms with E-state index in [0.717, 1.165) is 22.4 Å². The number of allylic oxidation sites excluding steroid dienone is 1. The van der Waals surface area contributed by atoms with Gasteiger partial charge in [0.2, 0.25) is 5.91 Å². The summed E-state index contributed by atoms with van der Waals surface area (Å²) in [6.07, 6.45) is 2.88. The van der Waals surface area contributed by atoms with Crippen LogP contribution in [0, 0.1) is 5.41 Å². The third-order valence-electron chi connectivity index (χ3n) is 3.56. The van der Waals surface area contributed by atoms with E-state index in [4.69, 9.17) is 17.0 Å². The molecule has 1 unspecified atom stereocenters. The van der Waals surface area contributed by atoms with Crippen LogP contribution in [0.2, 0.25) is 5.02 Å². The number of carbonyl (C=O) groups is 1. The van der Waals surface area contributed by atoms with Gasteiger partial charge >= 0.3 is 0 Å². The average Bonchev–Trinajstić information content (AvgIpc) is 3.03. The van der Waals surface area contributed by atoms with Crippen molar-refractivity contribution in [1.29, 1.82) is 5.41 Å². The van der Waals surface area contributed by atoms with Crippen molar-refractivity contribution in [3.8, 4) is 0 Å². The van der Waals surface area contributed by atoms with Gasteiger partial charge in [0.25, 0.3) is 0 Å². The lowest BCUT2D eigenvalue weighted by Crippen LogP contribution is -2.30. The van der Waals surface area contributed by atoms with Crippen molar-refractivity contribution in [2.75, 3.05) is 5.32 Å². The van der Waals surface area contributed by atoms with Gasteiger partial charge in [0.15, 0.2) is 0 Å². The molecule has 7 heteroatoms. The van der Waals surface area contributed by atoms with Crippen LogP contribution in [-0.4, -0.2) is 17.6 Å². The van der Waals surface area contributed by atoms with Crippen molar-refractivity contribution < 1.29 is 4.79 Å². The summed E-state index contributed by atoms with van der Waals surface area (Å²) in [5.74, 6) is -0.222. The Morgan fingerprint density at radius 2 is 2.00 bits per heavy atom. The Bertz CT molecular complexity index is 799. The fourth-order valence-corrected chi connectivity index (χ4v) is 3.55. The van der Waals surface area contributed by atoms with Crippen LogP contribution in [0.3, 0.4) is 0 Å². The molecule has 3 rings (SSSR count). The zero-order valence-corrected chi connectivity index (χ0v) is 14.8. The number of nitrogens with one attached hydrogen (secondary N) is 4. The van der Waals surface area contributed by atoms with Gasteiger partial charge in [-0.3, -0.25) is 4.79 Å². The number of thioether (sulfide) groups is 1. The number of amides is 1. The molecule has 5 nitrogen and oxygen atoms in total. The van der Waals surface area contributed by atoms with Crippen LogP contribution < -0.4 is 16.0 Å². The van der Waals surface area contributed by atoms with Gasteiger partial charge in [0.1, 0.15) is 5.50 Å². The van der Waals surface area contributed by atoms with Gasteiger partial charge in [0.05, 0.1) is 17.8 Å². The molecule has 1 aliphatic rings. The van der Waals surface area contributed by atoms with Crippen molar-refractivity contribution in [2.24, 2.45) is 0 Å². The molecule has 0 aromatic heterocycles. The molecule has 1 amide bonds. The molecular weight excluding hydrogens is 356 g/mol. The number of benzene rings is 2. The molecule has 1 atom stereocenters. The van der Waals surface area contributed by atoms with Crippen LogP contribution in [-0.2, 0) is 11.2 Å². The van der Waals surface area contributed by atoms with Gasteiger partial charge in [-0.05, 0) is 23.8 Å². The van der Waals surface area contributed by atoms with Crippen molar-refractivity contribution in [2.45, 2.75) is 16.8 Å². The molecule has 0 saturated heterocycles. The van der Waals surface area contributed by atoms with E-state index in [1.165, 1.54) is 0 Å². The fourth-order valence-electron chi connectivity index (χ4n) is 2.36. The second kappa shape index (κ2) is 8.09. The lowest BCUT2D eigenvalue weighted by atomic mass is 10.1. The molecule has 0 fully saturated rings. The van der Waals surface area contributed by atoms with E-state index in [-0.39, 0.29) is 17.8 Å². The summed E-state index contributed by atoms with van der Waals surface area (Å²) in [4.78, 5) is 13.3. The topological polar surface area (TPSA) is 77.0 Å². The van der Waals surface area contributed by atoms with E-state index in [0.29, 0.717) is 10.7 Å². The lowest BCUT2D eigenvalue weighted by Gasteiger charge is -2.12. The maximum absolute atomic E-state index is 12.1.